The average Bonchev–Trinajstić information content (AvgIpc) is 2.31. The highest BCUT2D eigenvalue weighted by atomic mass is 16.2. The lowest BCUT2D eigenvalue weighted by molar-refractivity contribution is -0.125. The van der Waals surface area contributed by atoms with Gasteiger partial charge in [0, 0.05) is 26.2 Å². The van der Waals surface area contributed by atoms with Crippen molar-refractivity contribution in [3.8, 4) is 0 Å². The van der Waals surface area contributed by atoms with Crippen LogP contribution in [0.5, 0.6) is 0 Å². The minimum Gasteiger partial charge on any atom is -0.285 e. The smallest absolute Gasteiger partial charge is 0.257 e. The Morgan fingerprint density at radius 2 is 1.19 bits per heavy atom. The van der Waals surface area contributed by atoms with Crippen LogP contribution in [0.15, 0.2) is 25.3 Å². The Labute approximate surface area is 94.5 Å². The SMILES string of the molecule is C=CC(=O)NN1CCN(NC(=O)C=C)CC1. The molecule has 2 N–H and O–H groups in total. The summed E-state index contributed by atoms with van der Waals surface area (Å²) in [7, 11) is 0. The van der Waals surface area contributed by atoms with Gasteiger partial charge in [0.2, 0.25) is 0 Å². The first-order valence-electron chi connectivity index (χ1n) is 5.01. The average molecular weight is 224 g/mol. The molecule has 0 radical (unpaired) electrons. The molecule has 6 nitrogen and oxygen atoms in total. The fourth-order valence-electron chi connectivity index (χ4n) is 1.33. The Morgan fingerprint density at radius 3 is 1.44 bits per heavy atom. The topological polar surface area (TPSA) is 64.7 Å². The van der Waals surface area contributed by atoms with Gasteiger partial charge >= 0.3 is 0 Å². The highest BCUT2D eigenvalue weighted by Gasteiger charge is 2.17. The predicted octanol–water partition coefficient (Wildman–Crippen LogP) is -0.962. The third-order valence-corrected chi connectivity index (χ3v) is 2.19. The van der Waals surface area contributed by atoms with Gasteiger partial charge in [-0.05, 0) is 12.2 Å². The number of rotatable bonds is 4. The molecule has 1 rings (SSSR count). The second-order valence-corrected chi connectivity index (χ2v) is 3.33. The van der Waals surface area contributed by atoms with E-state index in [2.05, 4.69) is 24.0 Å². The molecule has 0 aromatic carbocycles. The molecule has 0 spiro atoms. The first-order valence-corrected chi connectivity index (χ1v) is 5.01. The molecule has 1 heterocycles. The summed E-state index contributed by atoms with van der Waals surface area (Å²) < 4.78 is 0. The summed E-state index contributed by atoms with van der Waals surface area (Å²) >= 11 is 0. The lowest BCUT2D eigenvalue weighted by Crippen LogP contribution is -2.57. The number of hydrogen-bond donors (Lipinski definition) is 2. The van der Waals surface area contributed by atoms with Crippen LogP contribution < -0.4 is 10.9 Å². The van der Waals surface area contributed by atoms with Gasteiger partial charge in [0.1, 0.15) is 0 Å². The van der Waals surface area contributed by atoms with Crippen molar-refractivity contribution in [2.24, 2.45) is 0 Å². The van der Waals surface area contributed by atoms with Crippen molar-refractivity contribution in [1.29, 1.82) is 0 Å². The maximum absolute atomic E-state index is 11.0. The Kier molecular flexibility index (Phi) is 4.68. The molecule has 0 aliphatic carbocycles. The summed E-state index contributed by atoms with van der Waals surface area (Å²) in [6, 6.07) is 0. The predicted molar refractivity (Wildman–Crippen MR) is 59.8 cm³/mol. The van der Waals surface area contributed by atoms with E-state index < -0.39 is 0 Å². The summed E-state index contributed by atoms with van der Waals surface area (Å²) in [5, 5.41) is 3.58. The molecule has 6 heteroatoms. The van der Waals surface area contributed by atoms with Crippen LogP contribution in [-0.2, 0) is 9.59 Å². The van der Waals surface area contributed by atoms with Crippen molar-refractivity contribution >= 4 is 11.8 Å². The fourth-order valence-corrected chi connectivity index (χ4v) is 1.33. The molecular weight excluding hydrogens is 208 g/mol. The Hall–Kier alpha value is -1.66. The number of nitrogens with zero attached hydrogens (tertiary/aromatic N) is 2. The van der Waals surface area contributed by atoms with E-state index in [0.29, 0.717) is 26.2 Å². The standard InChI is InChI=1S/C10H16N4O2/c1-3-9(15)11-13-5-7-14(8-6-13)12-10(16)4-2/h3-4H,1-2,5-8H2,(H,11,15)(H,12,16). The second-order valence-electron chi connectivity index (χ2n) is 3.33. The molecule has 0 atom stereocenters. The van der Waals surface area contributed by atoms with E-state index in [0.717, 1.165) is 0 Å². The molecule has 1 aliphatic heterocycles. The molecule has 0 unspecified atom stereocenters. The van der Waals surface area contributed by atoms with Crippen molar-refractivity contribution in [2.45, 2.75) is 0 Å². The van der Waals surface area contributed by atoms with Crippen molar-refractivity contribution in [3.05, 3.63) is 25.3 Å². The van der Waals surface area contributed by atoms with Gasteiger partial charge in [-0.3, -0.25) is 20.4 Å². The first kappa shape index (κ1) is 12.4. The van der Waals surface area contributed by atoms with Crippen LogP contribution in [0.4, 0.5) is 0 Å². The minimum atomic E-state index is -0.219. The molecule has 1 saturated heterocycles. The summed E-state index contributed by atoms with van der Waals surface area (Å²) in [4.78, 5) is 22.0. The lowest BCUT2D eigenvalue weighted by Gasteiger charge is -2.34. The quantitative estimate of drug-likeness (QED) is 0.604. The minimum absolute atomic E-state index is 0.219. The maximum atomic E-state index is 11.0. The Bertz CT molecular complexity index is 265. The number of hydrogen-bond acceptors (Lipinski definition) is 4. The fraction of sp³-hybridized carbons (Fsp3) is 0.400. The Morgan fingerprint density at radius 1 is 0.875 bits per heavy atom. The normalized spacial score (nSPS) is 17.5. The Balaban J connectivity index is 2.28. The van der Waals surface area contributed by atoms with Crippen LogP contribution in [0.2, 0.25) is 0 Å². The number of piperazine rings is 1. The van der Waals surface area contributed by atoms with Gasteiger partial charge in [0.25, 0.3) is 11.8 Å². The third-order valence-electron chi connectivity index (χ3n) is 2.19. The molecule has 0 saturated carbocycles. The highest BCUT2D eigenvalue weighted by Crippen LogP contribution is 1.95. The van der Waals surface area contributed by atoms with Crippen LogP contribution in [0, 0.1) is 0 Å². The molecule has 16 heavy (non-hydrogen) atoms. The van der Waals surface area contributed by atoms with Crippen LogP contribution in [0.25, 0.3) is 0 Å². The van der Waals surface area contributed by atoms with Crippen molar-refractivity contribution in [3.63, 3.8) is 0 Å². The van der Waals surface area contributed by atoms with Gasteiger partial charge in [-0.1, -0.05) is 13.2 Å². The largest absolute Gasteiger partial charge is 0.285 e. The number of hydrazine groups is 2. The summed E-state index contributed by atoms with van der Waals surface area (Å²) in [5.74, 6) is -0.438. The summed E-state index contributed by atoms with van der Waals surface area (Å²) in [6.45, 7) is 9.35. The van der Waals surface area contributed by atoms with E-state index in [1.54, 1.807) is 10.0 Å². The molecule has 0 aromatic rings. The second kappa shape index (κ2) is 6.04. The maximum Gasteiger partial charge on any atom is 0.257 e. The third kappa shape index (κ3) is 3.84. The van der Waals surface area contributed by atoms with Crippen LogP contribution in [0.1, 0.15) is 0 Å². The van der Waals surface area contributed by atoms with Gasteiger partial charge in [-0.25, -0.2) is 10.0 Å². The molecule has 88 valence electrons. The van der Waals surface area contributed by atoms with Gasteiger partial charge in [-0.2, -0.15) is 0 Å². The monoisotopic (exact) mass is 224 g/mol. The molecule has 0 bridgehead atoms. The van der Waals surface area contributed by atoms with Gasteiger partial charge < -0.3 is 0 Å². The zero-order chi connectivity index (χ0) is 12.0. The van der Waals surface area contributed by atoms with E-state index in [1.165, 1.54) is 12.2 Å². The van der Waals surface area contributed by atoms with Crippen molar-refractivity contribution in [1.82, 2.24) is 20.9 Å². The molecule has 1 aliphatic rings. The lowest BCUT2D eigenvalue weighted by atomic mass is 10.4. The molecule has 1 fully saturated rings. The highest BCUT2D eigenvalue weighted by molar-refractivity contribution is 5.86. The van der Waals surface area contributed by atoms with Crippen LogP contribution in [-0.4, -0.2) is 48.0 Å². The van der Waals surface area contributed by atoms with E-state index in [4.69, 9.17) is 0 Å². The summed E-state index contributed by atoms with van der Waals surface area (Å²) in [5.41, 5.74) is 5.35. The summed E-state index contributed by atoms with van der Waals surface area (Å²) in [6.07, 6.45) is 2.46. The van der Waals surface area contributed by atoms with Crippen molar-refractivity contribution < 1.29 is 9.59 Å². The zero-order valence-electron chi connectivity index (χ0n) is 9.11. The van der Waals surface area contributed by atoms with Gasteiger partial charge in [0.05, 0.1) is 0 Å². The van der Waals surface area contributed by atoms with E-state index >= 15 is 0 Å². The van der Waals surface area contributed by atoms with Crippen LogP contribution >= 0.6 is 0 Å². The molecule has 2 amide bonds. The number of carbonyl (C=O) groups excluding carboxylic acids is 2. The molecular formula is C10H16N4O2. The number of nitrogens with one attached hydrogen (secondary N) is 2. The van der Waals surface area contributed by atoms with Crippen molar-refractivity contribution in [2.75, 3.05) is 26.2 Å². The number of amides is 2. The van der Waals surface area contributed by atoms with Gasteiger partial charge in [-0.15, -0.1) is 0 Å². The van der Waals surface area contributed by atoms with E-state index in [9.17, 15) is 9.59 Å². The van der Waals surface area contributed by atoms with Crippen LogP contribution in [0.3, 0.4) is 0 Å². The van der Waals surface area contributed by atoms with E-state index in [-0.39, 0.29) is 11.8 Å². The zero-order valence-corrected chi connectivity index (χ0v) is 9.11. The first-order chi connectivity index (χ1) is 7.65. The van der Waals surface area contributed by atoms with E-state index in [1.807, 2.05) is 0 Å². The number of carbonyl (C=O) groups is 2. The molecule has 0 aromatic heterocycles. The van der Waals surface area contributed by atoms with Gasteiger partial charge in [0.15, 0.2) is 0 Å².